The number of hydrogen-bond acceptors (Lipinski definition) is 4. The highest BCUT2D eigenvalue weighted by Crippen LogP contribution is 2.22. The lowest BCUT2D eigenvalue weighted by Gasteiger charge is -2.36. The van der Waals surface area contributed by atoms with Crippen molar-refractivity contribution in [3.63, 3.8) is 0 Å². The predicted molar refractivity (Wildman–Crippen MR) is 86.9 cm³/mol. The van der Waals surface area contributed by atoms with Crippen LogP contribution in [-0.4, -0.2) is 36.0 Å². The van der Waals surface area contributed by atoms with Gasteiger partial charge in [-0.15, -0.1) is 0 Å². The number of halogens is 2. The fraction of sp³-hybridized carbons (Fsp3) is 0.294. The molecule has 0 N–H and O–H groups in total. The zero-order valence-electron chi connectivity index (χ0n) is 13.0. The van der Waals surface area contributed by atoms with Gasteiger partial charge in [-0.3, -0.25) is 15.0 Å². The standard InChI is InChI=1S/C17H17F2N3O2/c18-16-5-4-13(10-17(16)19)12-20-6-8-21(9-7-20)14-2-1-3-15(11-14)22(23)24/h1-5,10-11H,6-9,12H2. The zero-order chi connectivity index (χ0) is 17.1. The highest BCUT2D eigenvalue weighted by atomic mass is 19.2. The molecule has 1 aliphatic rings. The molecule has 1 aliphatic heterocycles. The van der Waals surface area contributed by atoms with E-state index in [-0.39, 0.29) is 5.69 Å². The number of benzene rings is 2. The van der Waals surface area contributed by atoms with Crippen molar-refractivity contribution in [3.05, 3.63) is 69.8 Å². The summed E-state index contributed by atoms with van der Waals surface area (Å²) in [5.41, 5.74) is 1.64. The first-order valence-corrected chi connectivity index (χ1v) is 7.68. The van der Waals surface area contributed by atoms with Crippen LogP contribution in [0.3, 0.4) is 0 Å². The second-order valence-corrected chi connectivity index (χ2v) is 5.79. The van der Waals surface area contributed by atoms with Gasteiger partial charge in [-0.1, -0.05) is 12.1 Å². The van der Waals surface area contributed by atoms with Crippen LogP contribution in [0.4, 0.5) is 20.2 Å². The molecule has 0 saturated carbocycles. The van der Waals surface area contributed by atoms with Crippen LogP contribution in [0.1, 0.15) is 5.56 Å². The van der Waals surface area contributed by atoms with Crippen LogP contribution in [0.15, 0.2) is 42.5 Å². The van der Waals surface area contributed by atoms with Crippen LogP contribution in [0.25, 0.3) is 0 Å². The molecule has 2 aromatic rings. The van der Waals surface area contributed by atoms with E-state index in [0.717, 1.165) is 43.5 Å². The second-order valence-electron chi connectivity index (χ2n) is 5.79. The molecule has 1 fully saturated rings. The van der Waals surface area contributed by atoms with Crippen molar-refractivity contribution in [1.29, 1.82) is 0 Å². The topological polar surface area (TPSA) is 49.6 Å². The van der Waals surface area contributed by atoms with Gasteiger partial charge in [-0.2, -0.15) is 0 Å². The molecule has 0 radical (unpaired) electrons. The van der Waals surface area contributed by atoms with Gasteiger partial charge in [-0.05, 0) is 23.8 Å². The maximum absolute atomic E-state index is 13.3. The normalized spacial score (nSPS) is 15.5. The summed E-state index contributed by atoms with van der Waals surface area (Å²) < 4.78 is 26.2. The molecule has 0 aromatic heterocycles. The van der Waals surface area contributed by atoms with Gasteiger partial charge in [0, 0.05) is 50.5 Å². The summed E-state index contributed by atoms with van der Waals surface area (Å²) >= 11 is 0. The van der Waals surface area contributed by atoms with Crippen LogP contribution in [0.5, 0.6) is 0 Å². The highest BCUT2D eigenvalue weighted by Gasteiger charge is 2.19. The van der Waals surface area contributed by atoms with Gasteiger partial charge < -0.3 is 4.90 Å². The quantitative estimate of drug-likeness (QED) is 0.637. The number of nitro groups is 1. The Kier molecular flexibility index (Phi) is 4.71. The number of hydrogen-bond donors (Lipinski definition) is 0. The monoisotopic (exact) mass is 333 g/mol. The molecule has 5 nitrogen and oxygen atoms in total. The first-order valence-electron chi connectivity index (χ1n) is 7.68. The first-order chi connectivity index (χ1) is 11.5. The predicted octanol–water partition coefficient (Wildman–Crippen LogP) is 3.20. The van der Waals surface area contributed by atoms with Gasteiger partial charge in [-0.25, -0.2) is 8.78 Å². The number of nitrogens with zero attached hydrogens (tertiary/aromatic N) is 3. The lowest BCUT2D eigenvalue weighted by atomic mass is 10.1. The Morgan fingerprint density at radius 3 is 2.42 bits per heavy atom. The molecule has 126 valence electrons. The van der Waals surface area contributed by atoms with E-state index in [1.807, 2.05) is 6.07 Å². The van der Waals surface area contributed by atoms with Crippen LogP contribution >= 0.6 is 0 Å². The van der Waals surface area contributed by atoms with Gasteiger partial charge in [0.15, 0.2) is 11.6 Å². The van der Waals surface area contributed by atoms with Gasteiger partial charge >= 0.3 is 0 Å². The molecule has 24 heavy (non-hydrogen) atoms. The Bertz CT molecular complexity index is 746. The van der Waals surface area contributed by atoms with E-state index in [1.165, 1.54) is 12.1 Å². The Hall–Kier alpha value is -2.54. The van der Waals surface area contributed by atoms with Crippen LogP contribution < -0.4 is 4.90 Å². The second kappa shape index (κ2) is 6.92. The van der Waals surface area contributed by atoms with Crippen molar-refractivity contribution < 1.29 is 13.7 Å². The summed E-state index contributed by atoms with van der Waals surface area (Å²) in [6.45, 7) is 3.51. The Morgan fingerprint density at radius 1 is 1.00 bits per heavy atom. The summed E-state index contributed by atoms with van der Waals surface area (Å²) in [7, 11) is 0. The van der Waals surface area contributed by atoms with Crippen LogP contribution in [0, 0.1) is 21.7 Å². The lowest BCUT2D eigenvalue weighted by Crippen LogP contribution is -2.46. The summed E-state index contributed by atoms with van der Waals surface area (Å²) in [6, 6.07) is 10.5. The third kappa shape index (κ3) is 3.68. The van der Waals surface area contributed by atoms with Gasteiger partial charge in [0.1, 0.15) is 0 Å². The van der Waals surface area contributed by atoms with Crippen molar-refractivity contribution >= 4 is 11.4 Å². The summed E-state index contributed by atoms with van der Waals surface area (Å²) in [6.07, 6.45) is 0. The smallest absolute Gasteiger partial charge is 0.271 e. The molecule has 0 unspecified atom stereocenters. The van der Waals surface area contributed by atoms with E-state index in [0.29, 0.717) is 6.54 Å². The van der Waals surface area contributed by atoms with Crippen LogP contribution in [-0.2, 0) is 6.54 Å². The minimum absolute atomic E-state index is 0.0803. The van der Waals surface area contributed by atoms with E-state index in [1.54, 1.807) is 18.2 Å². The summed E-state index contributed by atoms with van der Waals surface area (Å²) in [5.74, 6) is -1.67. The van der Waals surface area contributed by atoms with Crippen molar-refractivity contribution in [1.82, 2.24) is 4.90 Å². The summed E-state index contributed by atoms with van der Waals surface area (Å²) in [5, 5.41) is 10.9. The van der Waals surface area contributed by atoms with Crippen LogP contribution in [0.2, 0.25) is 0 Å². The fourth-order valence-corrected chi connectivity index (χ4v) is 2.86. The minimum atomic E-state index is -0.839. The number of anilines is 1. The van der Waals surface area contributed by atoms with E-state index in [2.05, 4.69) is 9.80 Å². The van der Waals surface area contributed by atoms with E-state index in [9.17, 15) is 18.9 Å². The molecule has 0 atom stereocenters. The minimum Gasteiger partial charge on any atom is -0.369 e. The molecule has 0 amide bonds. The Balaban J connectivity index is 1.60. The molecule has 1 heterocycles. The van der Waals surface area contributed by atoms with E-state index >= 15 is 0 Å². The van der Waals surface area contributed by atoms with Gasteiger partial charge in [0.2, 0.25) is 0 Å². The summed E-state index contributed by atoms with van der Waals surface area (Å²) in [4.78, 5) is 14.7. The molecule has 1 saturated heterocycles. The van der Waals surface area contributed by atoms with E-state index in [4.69, 9.17) is 0 Å². The third-order valence-corrected chi connectivity index (χ3v) is 4.17. The molecular formula is C17H17F2N3O2. The van der Waals surface area contributed by atoms with Crippen molar-refractivity contribution in [2.24, 2.45) is 0 Å². The maximum atomic E-state index is 13.3. The zero-order valence-corrected chi connectivity index (χ0v) is 13.0. The molecule has 0 bridgehead atoms. The Morgan fingerprint density at radius 2 is 1.75 bits per heavy atom. The molecule has 0 spiro atoms. The number of non-ortho nitro benzene ring substituents is 1. The first kappa shape index (κ1) is 16.3. The highest BCUT2D eigenvalue weighted by molar-refractivity contribution is 5.53. The molecular weight excluding hydrogens is 316 g/mol. The van der Waals surface area contributed by atoms with Crippen molar-refractivity contribution in [3.8, 4) is 0 Å². The van der Waals surface area contributed by atoms with E-state index < -0.39 is 16.6 Å². The molecule has 3 rings (SSSR count). The number of nitro benzene ring substituents is 1. The van der Waals surface area contributed by atoms with Gasteiger partial charge in [0.25, 0.3) is 5.69 Å². The lowest BCUT2D eigenvalue weighted by molar-refractivity contribution is -0.384. The maximum Gasteiger partial charge on any atom is 0.271 e. The van der Waals surface area contributed by atoms with Crippen molar-refractivity contribution in [2.75, 3.05) is 31.1 Å². The SMILES string of the molecule is O=[N+]([O-])c1cccc(N2CCN(Cc3ccc(F)c(F)c3)CC2)c1. The average Bonchev–Trinajstić information content (AvgIpc) is 2.59. The van der Waals surface area contributed by atoms with Crippen molar-refractivity contribution in [2.45, 2.75) is 6.54 Å². The third-order valence-electron chi connectivity index (χ3n) is 4.17. The molecule has 2 aromatic carbocycles. The average molecular weight is 333 g/mol. The Labute approximate surface area is 138 Å². The number of piperazine rings is 1. The van der Waals surface area contributed by atoms with Gasteiger partial charge in [0.05, 0.1) is 4.92 Å². The molecule has 0 aliphatic carbocycles. The molecule has 7 heteroatoms. The number of rotatable bonds is 4. The largest absolute Gasteiger partial charge is 0.369 e. The fourth-order valence-electron chi connectivity index (χ4n) is 2.86.